The van der Waals surface area contributed by atoms with Gasteiger partial charge in [0, 0.05) is 12.6 Å². The van der Waals surface area contributed by atoms with Crippen molar-refractivity contribution in [3.05, 3.63) is 35.9 Å². The summed E-state index contributed by atoms with van der Waals surface area (Å²) in [5, 5.41) is 3.36. The van der Waals surface area contributed by atoms with Crippen molar-refractivity contribution in [2.24, 2.45) is 0 Å². The van der Waals surface area contributed by atoms with Gasteiger partial charge in [0.2, 0.25) is 0 Å². The van der Waals surface area contributed by atoms with Crippen molar-refractivity contribution in [2.45, 2.75) is 25.4 Å². The summed E-state index contributed by atoms with van der Waals surface area (Å²) in [4.78, 5) is 2.54. The van der Waals surface area contributed by atoms with Gasteiger partial charge in [0.1, 0.15) is 0 Å². The highest BCUT2D eigenvalue weighted by Gasteiger charge is 2.17. The average Bonchev–Trinajstić information content (AvgIpc) is 2.31. The summed E-state index contributed by atoms with van der Waals surface area (Å²) in [7, 11) is 2.07. The molecule has 0 bridgehead atoms. The maximum atomic E-state index is 3.36. The van der Waals surface area contributed by atoms with E-state index in [1.54, 1.807) is 0 Å². The maximum Gasteiger partial charge on any atom is 0.0233 e. The molecular weight excluding hydrogens is 255 g/mol. The molecule has 1 saturated heterocycles. The quantitative estimate of drug-likeness (QED) is 0.914. The Balaban J connectivity index is 0.00000128. The molecule has 4 heteroatoms. The first-order valence-electron chi connectivity index (χ1n) is 5.82. The van der Waals surface area contributed by atoms with E-state index in [1.807, 2.05) is 0 Å². The third kappa shape index (κ3) is 5.26. The molecule has 1 N–H and O–H groups in total. The molecule has 0 amide bonds. The summed E-state index contributed by atoms with van der Waals surface area (Å²) in [5.74, 6) is 0. The minimum atomic E-state index is 0. The lowest BCUT2D eigenvalue weighted by Gasteiger charge is -2.31. The van der Waals surface area contributed by atoms with E-state index in [2.05, 4.69) is 47.6 Å². The Morgan fingerprint density at radius 2 is 1.71 bits per heavy atom. The van der Waals surface area contributed by atoms with E-state index in [0.29, 0.717) is 0 Å². The van der Waals surface area contributed by atoms with Gasteiger partial charge >= 0.3 is 0 Å². The van der Waals surface area contributed by atoms with Crippen molar-refractivity contribution in [3.63, 3.8) is 0 Å². The molecule has 0 aromatic heterocycles. The molecule has 2 rings (SSSR count). The number of piperidine rings is 1. The second-order valence-corrected chi connectivity index (χ2v) is 4.32. The van der Waals surface area contributed by atoms with Crippen molar-refractivity contribution in [3.8, 4) is 0 Å². The fraction of sp³-hybridized carbons (Fsp3) is 0.538. The first kappa shape index (κ1) is 16.7. The van der Waals surface area contributed by atoms with Gasteiger partial charge in [-0.3, -0.25) is 4.90 Å². The Morgan fingerprint density at radius 3 is 2.24 bits per heavy atom. The molecule has 17 heavy (non-hydrogen) atoms. The Labute approximate surface area is 117 Å². The highest BCUT2D eigenvalue weighted by Crippen LogP contribution is 2.13. The van der Waals surface area contributed by atoms with E-state index < -0.39 is 0 Å². The molecule has 1 aromatic rings. The summed E-state index contributed by atoms with van der Waals surface area (Å²) in [5.41, 5.74) is 1.43. The van der Waals surface area contributed by atoms with Gasteiger partial charge in [-0.25, -0.2) is 0 Å². The van der Waals surface area contributed by atoms with Gasteiger partial charge in [-0.2, -0.15) is 0 Å². The topological polar surface area (TPSA) is 15.3 Å². The lowest BCUT2D eigenvalue weighted by Crippen LogP contribution is -2.40. The number of halogens is 2. The molecule has 0 aliphatic carbocycles. The minimum Gasteiger partial charge on any atom is -0.317 e. The van der Waals surface area contributed by atoms with E-state index in [0.717, 1.165) is 12.6 Å². The number of nitrogens with zero attached hydrogens (tertiary/aromatic N) is 1. The van der Waals surface area contributed by atoms with E-state index in [1.165, 1.54) is 31.5 Å². The standard InChI is InChI=1S/C13H20N2.2ClH/c1-14-13-7-9-15(10-8-13)11-12-5-3-2-4-6-12;;/h2-6,13-14H,7-11H2,1H3;2*1H. The van der Waals surface area contributed by atoms with E-state index in [4.69, 9.17) is 0 Å². The molecule has 0 atom stereocenters. The van der Waals surface area contributed by atoms with Crippen molar-refractivity contribution >= 4 is 24.8 Å². The highest BCUT2D eigenvalue weighted by molar-refractivity contribution is 5.85. The van der Waals surface area contributed by atoms with Crippen LogP contribution in [0.5, 0.6) is 0 Å². The number of nitrogens with one attached hydrogen (secondary N) is 1. The Kier molecular flexibility index (Phi) is 8.61. The Bertz CT molecular complexity index is 285. The molecule has 98 valence electrons. The predicted molar refractivity (Wildman–Crippen MR) is 78.3 cm³/mol. The van der Waals surface area contributed by atoms with Gasteiger partial charge in [-0.1, -0.05) is 30.3 Å². The zero-order chi connectivity index (χ0) is 10.5. The van der Waals surface area contributed by atoms with Gasteiger partial charge in [0.25, 0.3) is 0 Å². The van der Waals surface area contributed by atoms with Crippen LogP contribution in [0.25, 0.3) is 0 Å². The van der Waals surface area contributed by atoms with Crippen LogP contribution in [0.3, 0.4) is 0 Å². The van der Waals surface area contributed by atoms with Gasteiger partial charge in [-0.15, -0.1) is 24.8 Å². The fourth-order valence-corrected chi connectivity index (χ4v) is 2.22. The van der Waals surface area contributed by atoms with Crippen LogP contribution in [-0.2, 0) is 6.54 Å². The monoisotopic (exact) mass is 276 g/mol. The van der Waals surface area contributed by atoms with Crippen LogP contribution in [0.1, 0.15) is 18.4 Å². The fourth-order valence-electron chi connectivity index (χ4n) is 2.22. The second kappa shape index (κ2) is 8.76. The summed E-state index contributed by atoms with van der Waals surface area (Å²) in [6, 6.07) is 11.5. The third-order valence-corrected chi connectivity index (χ3v) is 3.24. The molecule has 0 unspecified atom stereocenters. The minimum absolute atomic E-state index is 0. The zero-order valence-electron chi connectivity index (χ0n) is 10.3. The second-order valence-electron chi connectivity index (χ2n) is 4.32. The van der Waals surface area contributed by atoms with Crippen LogP contribution in [0.15, 0.2) is 30.3 Å². The van der Waals surface area contributed by atoms with Crippen LogP contribution >= 0.6 is 24.8 Å². The van der Waals surface area contributed by atoms with E-state index in [-0.39, 0.29) is 24.8 Å². The number of likely N-dealkylation sites (tertiary alicyclic amines) is 1. The third-order valence-electron chi connectivity index (χ3n) is 3.24. The number of rotatable bonds is 3. The molecule has 0 spiro atoms. The molecule has 1 aromatic carbocycles. The number of hydrogen-bond acceptors (Lipinski definition) is 2. The first-order valence-corrected chi connectivity index (χ1v) is 5.82. The van der Waals surface area contributed by atoms with Crippen LogP contribution in [-0.4, -0.2) is 31.1 Å². The lowest BCUT2D eigenvalue weighted by molar-refractivity contribution is 0.194. The molecule has 0 saturated carbocycles. The van der Waals surface area contributed by atoms with Crippen LogP contribution < -0.4 is 5.32 Å². The van der Waals surface area contributed by atoms with Crippen molar-refractivity contribution < 1.29 is 0 Å². The molecule has 1 aliphatic heterocycles. The van der Waals surface area contributed by atoms with Crippen LogP contribution in [0.4, 0.5) is 0 Å². The van der Waals surface area contributed by atoms with Crippen LogP contribution in [0, 0.1) is 0 Å². The molecule has 2 nitrogen and oxygen atoms in total. The van der Waals surface area contributed by atoms with Crippen molar-refractivity contribution in [1.29, 1.82) is 0 Å². The Morgan fingerprint density at radius 1 is 1.12 bits per heavy atom. The summed E-state index contributed by atoms with van der Waals surface area (Å²) in [6.07, 6.45) is 2.56. The zero-order valence-corrected chi connectivity index (χ0v) is 11.9. The average molecular weight is 277 g/mol. The summed E-state index contributed by atoms with van der Waals surface area (Å²) < 4.78 is 0. The maximum absolute atomic E-state index is 3.36. The molecular formula is C13H22Cl2N2. The summed E-state index contributed by atoms with van der Waals surface area (Å²) >= 11 is 0. The lowest BCUT2D eigenvalue weighted by atomic mass is 10.0. The largest absolute Gasteiger partial charge is 0.317 e. The van der Waals surface area contributed by atoms with E-state index in [9.17, 15) is 0 Å². The molecule has 0 radical (unpaired) electrons. The van der Waals surface area contributed by atoms with Gasteiger partial charge < -0.3 is 5.32 Å². The van der Waals surface area contributed by atoms with Gasteiger partial charge in [0.05, 0.1) is 0 Å². The summed E-state index contributed by atoms with van der Waals surface area (Å²) in [6.45, 7) is 3.55. The smallest absolute Gasteiger partial charge is 0.0233 e. The highest BCUT2D eigenvalue weighted by atomic mass is 35.5. The van der Waals surface area contributed by atoms with Gasteiger partial charge in [0.15, 0.2) is 0 Å². The van der Waals surface area contributed by atoms with Gasteiger partial charge in [-0.05, 0) is 38.5 Å². The predicted octanol–water partition coefficient (Wildman–Crippen LogP) is 2.71. The molecule has 1 fully saturated rings. The van der Waals surface area contributed by atoms with Crippen molar-refractivity contribution in [1.82, 2.24) is 10.2 Å². The Hall–Kier alpha value is -0.280. The number of hydrogen-bond donors (Lipinski definition) is 1. The first-order chi connectivity index (χ1) is 7.38. The van der Waals surface area contributed by atoms with Crippen LogP contribution in [0.2, 0.25) is 0 Å². The number of benzene rings is 1. The van der Waals surface area contributed by atoms with E-state index >= 15 is 0 Å². The normalized spacial score (nSPS) is 17.0. The van der Waals surface area contributed by atoms with Crippen molar-refractivity contribution in [2.75, 3.05) is 20.1 Å². The SMILES string of the molecule is CNC1CCN(Cc2ccccc2)CC1.Cl.Cl. The molecule has 1 aliphatic rings. The molecule has 1 heterocycles.